The Bertz CT molecular complexity index is 522. The highest BCUT2D eigenvalue weighted by Gasteiger charge is 2.19. The normalized spacial score (nSPS) is 12.5. The van der Waals surface area contributed by atoms with Gasteiger partial charge in [-0.1, -0.05) is 29.8 Å². The Morgan fingerprint density at radius 2 is 1.59 bits per heavy atom. The van der Waals surface area contributed by atoms with Gasteiger partial charge in [0.05, 0.1) is 5.56 Å². The van der Waals surface area contributed by atoms with E-state index in [1.807, 2.05) is 0 Å². The van der Waals surface area contributed by atoms with E-state index >= 15 is 0 Å². The number of hydrogen-bond acceptors (Lipinski definition) is 1. The molecule has 0 spiro atoms. The van der Waals surface area contributed by atoms with E-state index in [1.54, 1.807) is 18.2 Å². The monoisotopic (exact) mass is 254 g/mol. The molecule has 0 aliphatic carbocycles. The van der Waals surface area contributed by atoms with Crippen molar-refractivity contribution in [2.24, 2.45) is 0 Å². The average molecular weight is 255 g/mol. The van der Waals surface area contributed by atoms with Crippen LogP contribution in [0.3, 0.4) is 0 Å². The molecule has 0 fully saturated rings. The second-order valence-electron chi connectivity index (χ2n) is 3.59. The lowest BCUT2D eigenvalue weighted by molar-refractivity contribution is 0.209. The molecule has 2 aromatic rings. The lowest BCUT2D eigenvalue weighted by Crippen LogP contribution is -2.05. The predicted molar refractivity (Wildman–Crippen MR) is 61.9 cm³/mol. The van der Waals surface area contributed by atoms with Crippen molar-refractivity contribution in [3.05, 3.63) is 70.2 Å². The van der Waals surface area contributed by atoms with Crippen LogP contribution in [-0.2, 0) is 0 Å². The zero-order valence-electron chi connectivity index (χ0n) is 8.70. The van der Waals surface area contributed by atoms with Crippen LogP contribution in [0.2, 0.25) is 5.02 Å². The highest BCUT2D eigenvalue weighted by Crippen LogP contribution is 2.27. The van der Waals surface area contributed by atoms with Gasteiger partial charge in [0, 0.05) is 5.02 Å². The van der Waals surface area contributed by atoms with E-state index in [9.17, 15) is 13.9 Å². The summed E-state index contributed by atoms with van der Waals surface area (Å²) < 4.78 is 26.9. The van der Waals surface area contributed by atoms with E-state index in [0.29, 0.717) is 10.6 Å². The molecule has 1 N–H and O–H groups in total. The Morgan fingerprint density at radius 1 is 1.00 bits per heavy atom. The molecule has 0 bridgehead atoms. The molecule has 0 aromatic heterocycles. The van der Waals surface area contributed by atoms with Crippen molar-refractivity contribution in [2.75, 3.05) is 0 Å². The van der Waals surface area contributed by atoms with Crippen LogP contribution in [0.5, 0.6) is 0 Å². The molecule has 0 radical (unpaired) electrons. The zero-order valence-corrected chi connectivity index (χ0v) is 9.46. The molecule has 0 aliphatic heterocycles. The van der Waals surface area contributed by atoms with Crippen LogP contribution in [0.15, 0.2) is 42.5 Å². The van der Waals surface area contributed by atoms with Crippen molar-refractivity contribution in [2.45, 2.75) is 6.10 Å². The van der Waals surface area contributed by atoms with E-state index in [4.69, 9.17) is 11.6 Å². The SMILES string of the molecule is OC(c1cccc(Cl)c1)c1c(F)cccc1F. The molecule has 0 heterocycles. The Hall–Kier alpha value is -1.45. The Morgan fingerprint density at radius 3 is 2.18 bits per heavy atom. The minimum atomic E-state index is -1.37. The van der Waals surface area contributed by atoms with Crippen LogP contribution in [0.1, 0.15) is 17.2 Å². The maximum Gasteiger partial charge on any atom is 0.132 e. The van der Waals surface area contributed by atoms with Crippen molar-refractivity contribution in [3.8, 4) is 0 Å². The summed E-state index contributed by atoms with van der Waals surface area (Å²) in [5.41, 5.74) is -0.0173. The molecular formula is C13H9ClF2O. The molecule has 17 heavy (non-hydrogen) atoms. The minimum Gasteiger partial charge on any atom is -0.383 e. The maximum absolute atomic E-state index is 13.5. The van der Waals surface area contributed by atoms with E-state index < -0.39 is 17.7 Å². The molecule has 0 saturated carbocycles. The smallest absolute Gasteiger partial charge is 0.132 e. The summed E-state index contributed by atoms with van der Waals surface area (Å²) in [4.78, 5) is 0. The van der Waals surface area contributed by atoms with Gasteiger partial charge in [0.2, 0.25) is 0 Å². The molecule has 1 unspecified atom stereocenters. The highest BCUT2D eigenvalue weighted by atomic mass is 35.5. The summed E-state index contributed by atoms with van der Waals surface area (Å²) in [5, 5.41) is 10.3. The van der Waals surface area contributed by atoms with Gasteiger partial charge in [-0.25, -0.2) is 8.78 Å². The first-order valence-corrected chi connectivity index (χ1v) is 5.35. The van der Waals surface area contributed by atoms with E-state index in [1.165, 1.54) is 12.1 Å². The number of rotatable bonds is 2. The van der Waals surface area contributed by atoms with Crippen molar-refractivity contribution in [3.63, 3.8) is 0 Å². The number of hydrogen-bond donors (Lipinski definition) is 1. The zero-order chi connectivity index (χ0) is 12.4. The van der Waals surface area contributed by atoms with Gasteiger partial charge in [-0.15, -0.1) is 0 Å². The van der Waals surface area contributed by atoms with Crippen LogP contribution in [0.4, 0.5) is 8.78 Å². The molecule has 0 saturated heterocycles. The fourth-order valence-electron chi connectivity index (χ4n) is 1.62. The summed E-state index contributed by atoms with van der Waals surface area (Å²) >= 11 is 5.76. The van der Waals surface area contributed by atoms with Crippen molar-refractivity contribution >= 4 is 11.6 Å². The number of aliphatic hydroxyl groups excluding tert-OH is 1. The van der Waals surface area contributed by atoms with Crippen molar-refractivity contribution in [1.82, 2.24) is 0 Å². The minimum absolute atomic E-state index is 0.349. The quantitative estimate of drug-likeness (QED) is 0.866. The third-order valence-electron chi connectivity index (χ3n) is 2.44. The standard InChI is InChI=1S/C13H9ClF2O/c14-9-4-1-3-8(7-9)13(17)12-10(15)5-2-6-11(12)16/h1-7,13,17H. The van der Waals surface area contributed by atoms with Gasteiger partial charge in [0.25, 0.3) is 0 Å². The molecule has 1 nitrogen and oxygen atoms in total. The second-order valence-corrected chi connectivity index (χ2v) is 4.03. The first-order valence-electron chi connectivity index (χ1n) is 4.97. The van der Waals surface area contributed by atoms with Crippen LogP contribution in [0.25, 0.3) is 0 Å². The van der Waals surface area contributed by atoms with Gasteiger partial charge < -0.3 is 5.11 Å². The molecule has 0 amide bonds. The molecule has 4 heteroatoms. The summed E-state index contributed by atoms with van der Waals surface area (Å²) in [6, 6.07) is 9.72. The first-order chi connectivity index (χ1) is 8.09. The van der Waals surface area contributed by atoms with Gasteiger partial charge in [-0.3, -0.25) is 0 Å². The van der Waals surface area contributed by atoms with E-state index in [-0.39, 0.29) is 5.56 Å². The number of halogens is 3. The third kappa shape index (κ3) is 2.46. The molecule has 0 aliphatic rings. The molecule has 2 aromatic carbocycles. The van der Waals surface area contributed by atoms with Gasteiger partial charge in [0.15, 0.2) is 0 Å². The van der Waals surface area contributed by atoms with Crippen molar-refractivity contribution in [1.29, 1.82) is 0 Å². The Balaban J connectivity index is 2.47. The lowest BCUT2D eigenvalue weighted by atomic mass is 10.0. The number of aliphatic hydroxyl groups is 1. The van der Waals surface area contributed by atoms with Gasteiger partial charge in [-0.05, 0) is 29.8 Å². The maximum atomic E-state index is 13.5. The second kappa shape index (κ2) is 4.82. The van der Waals surface area contributed by atoms with Crippen molar-refractivity contribution < 1.29 is 13.9 Å². The molecular weight excluding hydrogens is 246 g/mol. The topological polar surface area (TPSA) is 20.2 Å². The predicted octanol–water partition coefficient (Wildman–Crippen LogP) is 3.70. The lowest BCUT2D eigenvalue weighted by Gasteiger charge is -2.13. The summed E-state index contributed by atoms with van der Waals surface area (Å²) in [5.74, 6) is -1.56. The Labute approximate surface area is 102 Å². The third-order valence-corrected chi connectivity index (χ3v) is 2.67. The highest BCUT2D eigenvalue weighted by molar-refractivity contribution is 6.30. The van der Waals surface area contributed by atoms with Crippen LogP contribution in [0, 0.1) is 11.6 Å². The fraction of sp³-hybridized carbons (Fsp3) is 0.0769. The molecule has 1 atom stereocenters. The Kier molecular flexibility index (Phi) is 3.41. The van der Waals surface area contributed by atoms with Crippen LogP contribution < -0.4 is 0 Å². The van der Waals surface area contributed by atoms with Gasteiger partial charge in [0.1, 0.15) is 17.7 Å². The fourth-order valence-corrected chi connectivity index (χ4v) is 1.81. The summed E-state index contributed by atoms with van der Waals surface area (Å²) in [7, 11) is 0. The number of benzene rings is 2. The summed E-state index contributed by atoms with van der Waals surface area (Å²) in [6.45, 7) is 0. The van der Waals surface area contributed by atoms with E-state index in [0.717, 1.165) is 12.1 Å². The first kappa shape index (κ1) is 12.0. The largest absolute Gasteiger partial charge is 0.383 e. The van der Waals surface area contributed by atoms with Gasteiger partial charge >= 0.3 is 0 Å². The summed E-state index contributed by atoms with van der Waals surface area (Å²) in [6.07, 6.45) is -1.37. The molecule has 2 rings (SSSR count). The van der Waals surface area contributed by atoms with Crippen LogP contribution in [-0.4, -0.2) is 5.11 Å². The van der Waals surface area contributed by atoms with Crippen LogP contribution >= 0.6 is 11.6 Å². The average Bonchev–Trinajstić information content (AvgIpc) is 2.28. The van der Waals surface area contributed by atoms with E-state index in [2.05, 4.69) is 0 Å². The van der Waals surface area contributed by atoms with Gasteiger partial charge in [-0.2, -0.15) is 0 Å². The molecule has 88 valence electrons.